The summed E-state index contributed by atoms with van der Waals surface area (Å²) in [7, 11) is 1.90. The molecule has 0 fully saturated rings. The molecule has 5 heteroatoms. The molecule has 0 aromatic carbocycles. The van der Waals surface area contributed by atoms with Gasteiger partial charge in [-0.25, -0.2) is 4.98 Å². The highest BCUT2D eigenvalue weighted by Gasteiger charge is 2.03. The Morgan fingerprint density at radius 1 is 1.29 bits per heavy atom. The standard InChI is InChI=1S/C12H13ClN2OS/c1-14-7-10-3-4-11(16-10)8-17-12-5-2-9(13)6-15-12/h2-6,14H,7-8H2,1H3. The fourth-order valence-corrected chi connectivity index (χ4v) is 2.21. The minimum Gasteiger partial charge on any atom is -0.464 e. The van der Waals surface area contributed by atoms with Gasteiger partial charge in [-0.15, -0.1) is 0 Å². The number of pyridine rings is 1. The third-order valence-electron chi connectivity index (χ3n) is 2.13. The summed E-state index contributed by atoms with van der Waals surface area (Å²) < 4.78 is 5.63. The zero-order chi connectivity index (χ0) is 12.1. The topological polar surface area (TPSA) is 38.1 Å². The summed E-state index contributed by atoms with van der Waals surface area (Å²) in [6, 6.07) is 7.73. The van der Waals surface area contributed by atoms with Crippen molar-refractivity contribution in [2.75, 3.05) is 7.05 Å². The molecular weight excluding hydrogens is 256 g/mol. The third kappa shape index (κ3) is 3.77. The molecule has 90 valence electrons. The van der Waals surface area contributed by atoms with Crippen LogP contribution in [0.5, 0.6) is 0 Å². The Balaban J connectivity index is 1.90. The van der Waals surface area contributed by atoms with Gasteiger partial charge in [0.1, 0.15) is 11.5 Å². The number of hydrogen-bond donors (Lipinski definition) is 1. The van der Waals surface area contributed by atoms with Crippen molar-refractivity contribution in [1.82, 2.24) is 10.3 Å². The maximum absolute atomic E-state index is 5.77. The second kappa shape index (κ2) is 6.10. The predicted molar refractivity (Wildman–Crippen MR) is 70.3 cm³/mol. The first-order chi connectivity index (χ1) is 8.28. The van der Waals surface area contributed by atoms with Crippen LogP contribution < -0.4 is 5.32 Å². The van der Waals surface area contributed by atoms with Crippen LogP contribution in [0.15, 0.2) is 39.9 Å². The smallest absolute Gasteiger partial charge is 0.117 e. The Hall–Kier alpha value is -0.970. The molecule has 0 aliphatic carbocycles. The molecule has 2 rings (SSSR count). The highest BCUT2D eigenvalue weighted by atomic mass is 35.5. The van der Waals surface area contributed by atoms with Gasteiger partial charge in [-0.2, -0.15) is 0 Å². The number of nitrogens with one attached hydrogen (secondary N) is 1. The molecule has 2 aromatic heterocycles. The van der Waals surface area contributed by atoms with Gasteiger partial charge in [-0.05, 0) is 31.3 Å². The molecule has 0 amide bonds. The Kier molecular flexibility index (Phi) is 4.48. The highest BCUT2D eigenvalue weighted by Crippen LogP contribution is 2.22. The van der Waals surface area contributed by atoms with Crippen LogP contribution in [0.3, 0.4) is 0 Å². The van der Waals surface area contributed by atoms with Crippen molar-refractivity contribution in [2.24, 2.45) is 0 Å². The maximum atomic E-state index is 5.77. The van der Waals surface area contributed by atoms with Crippen molar-refractivity contribution >= 4 is 23.4 Å². The van der Waals surface area contributed by atoms with Gasteiger partial charge in [-0.3, -0.25) is 0 Å². The van der Waals surface area contributed by atoms with Gasteiger partial charge >= 0.3 is 0 Å². The number of rotatable bonds is 5. The minimum absolute atomic E-state index is 0.656. The van der Waals surface area contributed by atoms with E-state index in [1.54, 1.807) is 18.0 Å². The SMILES string of the molecule is CNCc1ccc(CSc2ccc(Cl)cn2)o1. The Bertz CT molecular complexity index is 470. The lowest BCUT2D eigenvalue weighted by atomic mass is 10.4. The van der Waals surface area contributed by atoms with Crippen LogP contribution in [0.2, 0.25) is 5.02 Å². The van der Waals surface area contributed by atoms with E-state index in [1.807, 2.05) is 31.3 Å². The molecule has 0 aliphatic heterocycles. The second-order valence-corrected chi connectivity index (χ2v) is 4.93. The van der Waals surface area contributed by atoms with Crippen molar-refractivity contribution in [3.05, 3.63) is 47.0 Å². The molecule has 0 bridgehead atoms. The van der Waals surface area contributed by atoms with E-state index in [9.17, 15) is 0 Å². The largest absolute Gasteiger partial charge is 0.464 e. The molecule has 0 atom stereocenters. The van der Waals surface area contributed by atoms with Crippen molar-refractivity contribution in [1.29, 1.82) is 0 Å². The zero-order valence-electron chi connectivity index (χ0n) is 9.44. The van der Waals surface area contributed by atoms with E-state index in [1.165, 1.54) is 0 Å². The molecule has 0 saturated heterocycles. The first kappa shape index (κ1) is 12.5. The number of furan rings is 1. The molecule has 2 heterocycles. The normalized spacial score (nSPS) is 10.7. The summed E-state index contributed by atoms with van der Waals surface area (Å²) >= 11 is 7.40. The zero-order valence-corrected chi connectivity index (χ0v) is 11.0. The van der Waals surface area contributed by atoms with Gasteiger partial charge in [0.2, 0.25) is 0 Å². The lowest BCUT2D eigenvalue weighted by molar-refractivity contribution is 0.469. The molecule has 0 unspecified atom stereocenters. The van der Waals surface area contributed by atoms with Crippen LogP contribution in [0.1, 0.15) is 11.5 Å². The summed E-state index contributed by atoms with van der Waals surface area (Å²) in [6.07, 6.45) is 1.65. The summed E-state index contributed by atoms with van der Waals surface area (Å²) in [5.41, 5.74) is 0. The van der Waals surface area contributed by atoms with Crippen molar-refractivity contribution < 1.29 is 4.42 Å². The monoisotopic (exact) mass is 268 g/mol. The van der Waals surface area contributed by atoms with E-state index in [-0.39, 0.29) is 0 Å². The van der Waals surface area contributed by atoms with E-state index in [0.29, 0.717) is 5.02 Å². The van der Waals surface area contributed by atoms with E-state index in [2.05, 4.69) is 10.3 Å². The third-order valence-corrected chi connectivity index (χ3v) is 3.32. The Labute approximate surface area is 110 Å². The maximum Gasteiger partial charge on any atom is 0.117 e. The molecule has 0 radical (unpaired) electrons. The molecule has 3 nitrogen and oxygen atoms in total. The fourth-order valence-electron chi connectivity index (χ4n) is 1.36. The van der Waals surface area contributed by atoms with Crippen LogP contribution in [0.4, 0.5) is 0 Å². The van der Waals surface area contributed by atoms with Crippen LogP contribution in [-0.4, -0.2) is 12.0 Å². The summed E-state index contributed by atoms with van der Waals surface area (Å²) in [5, 5.41) is 4.65. The Morgan fingerprint density at radius 3 is 2.82 bits per heavy atom. The van der Waals surface area contributed by atoms with Crippen LogP contribution in [0, 0.1) is 0 Å². The average molecular weight is 269 g/mol. The Morgan fingerprint density at radius 2 is 2.12 bits per heavy atom. The molecule has 2 aromatic rings. The molecule has 1 N–H and O–H groups in total. The first-order valence-corrected chi connectivity index (χ1v) is 6.61. The second-order valence-electron chi connectivity index (χ2n) is 3.50. The molecule has 0 spiro atoms. The number of hydrogen-bond acceptors (Lipinski definition) is 4. The van der Waals surface area contributed by atoms with Crippen LogP contribution in [0.25, 0.3) is 0 Å². The summed E-state index contributed by atoms with van der Waals surface area (Å²) in [5.74, 6) is 2.68. The van der Waals surface area contributed by atoms with Gasteiger partial charge in [0.05, 0.1) is 22.3 Å². The summed E-state index contributed by atoms with van der Waals surface area (Å²) in [4.78, 5) is 4.21. The number of halogens is 1. The molecule has 0 saturated carbocycles. The highest BCUT2D eigenvalue weighted by molar-refractivity contribution is 7.98. The quantitative estimate of drug-likeness (QED) is 0.844. The van der Waals surface area contributed by atoms with Gasteiger partial charge in [0.15, 0.2) is 0 Å². The van der Waals surface area contributed by atoms with E-state index in [0.717, 1.165) is 28.8 Å². The lowest BCUT2D eigenvalue weighted by Crippen LogP contribution is -2.03. The average Bonchev–Trinajstić information content (AvgIpc) is 2.77. The van der Waals surface area contributed by atoms with Crippen molar-refractivity contribution in [2.45, 2.75) is 17.3 Å². The van der Waals surface area contributed by atoms with E-state index in [4.69, 9.17) is 16.0 Å². The van der Waals surface area contributed by atoms with Gasteiger partial charge in [0, 0.05) is 6.20 Å². The van der Waals surface area contributed by atoms with Crippen LogP contribution >= 0.6 is 23.4 Å². The van der Waals surface area contributed by atoms with Crippen molar-refractivity contribution in [3.63, 3.8) is 0 Å². The number of nitrogens with zero attached hydrogens (tertiary/aromatic N) is 1. The predicted octanol–water partition coefficient (Wildman–Crippen LogP) is 3.34. The van der Waals surface area contributed by atoms with Crippen LogP contribution in [-0.2, 0) is 12.3 Å². The van der Waals surface area contributed by atoms with E-state index < -0.39 is 0 Å². The summed E-state index contributed by atoms with van der Waals surface area (Å²) in [6.45, 7) is 0.754. The molecule has 17 heavy (non-hydrogen) atoms. The molecule has 0 aliphatic rings. The van der Waals surface area contributed by atoms with Gasteiger partial charge in [0.25, 0.3) is 0 Å². The number of thioether (sulfide) groups is 1. The lowest BCUT2D eigenvalue weighted by Gasteiger charge is -1.98. The van der Waals surface area contributed by atoms with Crippen molar-refractivity contribution in [3.8, 4) is 0 Å². The van der Waals surface area contributed by atoms with Gasteiger partial charge < -0.3 is 9.73 Å². The van der Waals surface area contributed by atoms with Gasteiger partial charge in [-0.1, -0.05) is 23.4 Å². The molecular formula is C12H13ClN2OS. The van der Waals surface area contributed by atoms with E-state index >= 15 is 0 Å². The minimum atomic E-state index is 0.656. The fraction of sp³-hybridized carbons (Fsp3) is 0.250. The number of aromatic nitrogens is 1. The first-order valence-electron chi connectivity index (χ1n) is 5.24.